The lowest BCUT2D eigenvalue weighted by Gasteiger charge is -2.37. The smallest absolute Gasteiger partial charge is 0.199 e. The average Bonchev–Trinajstić information content (AvgIpc) is 2.93. The van der Waals surface area contributed by atoms with Gasteiger partial charge >= 0.3 is 0 Å². The molecule has 4 aromatic rings. The Kier molecular flexibility index (Phi) is 9.51. The summed E-state index contributed by atoms with van der Waals surface area (Å²) < 4.78 is 0. The van der Waals surface area contributed by atoms with E-state index in [1.54, 1.807) is 0 Å². The lowest BCUT2D eigenvalue weighted by atomic mass is 9.91. The maximum atomic E-state index is 13.2. The number of rotatable bonds is 11. The number of aliphatic hydroxyl groups is 1. The number of carbonyl (C=O) groups excluding carboxylic acids is 1. The van der Waals surface area contributed by atoms with Crippen molar-refractivity contribution < 1.29 is 9.90 Å². The van der Waals surface area contributed by atoms with Gasteiger partial charge in [-0.1, -0.05) is 128 Å². The molecule has 0 aliphatic rings. The first-order chi connectivity index (χ1) is 17.6. The molecule has 0 saturated carbocycles. The van der Waals surface area contributed by atoms with Gasteiger partial charge in [-0.05, 0) is 35.2 Å². The van der Waals surface area contributed by atoms with E-state index in [0.29, 0.717) is 19.5 Å². The van der Waals surface area contributed by atoms with Crippen LogP contribution in [0.2, 0.25) is 0 Å². The van der Waals surface area contributed by atoms with Gasteiger partial charge in [0.05, 0.1) is 12.0 Å². The van der Waals surface area contributed by atoms with Gasteiger partial charge in [0.15, 0.2) is 5.12 Å². The van der Waals surface area contributed by atoms with Crippen molar-refractivity contribution in [1.82, 2.24) is 4.90 Å². The predicted octanol–water partition coefficient (Wildman–Crippen LogP) is 6.62. The van der Waals surface area contributed by atoms with Crippen LogP contribution in [0.5, 0.6) is 0 Å². The summed E-state index contributed by atoms with van der Waals surface area (Å²) in [6.07, 6.45) is -0.184. The van der Waals surface area contributed by atoms with Crippen molar-refractivity contribution in [2.45, 2.75) is 43.5 Å². The highest BCUT2D eigenvalue weighted by Gasteiger charge is 2.34. The zero-order chi connectivity index (χ0) is 25.2. The molecule has 1 N–H and O–H groups in total. The third-order valence-electron chi connectivity index (χ3n) is 6.45. The van der Waals surface area contributed by atoms with Crippen LogP contribution in [-0.2, 0) is 24.3 Å². The summed E-state index contributed by atoms with van der Waals surface area (Å²) in [4.78, 5) is 16.4. The molecule has 0 radical (unpaired) electrons. The number of aliphatic hydroxyl groups excluding tert-OH is 1. The minimum absolute atomic E-state index is 0.0221. The SMILES string of the molecule is C[C@@H](C(=O)Sc1ccccc1)[C@@H](O)[C@H](Cc1ccccc1)N(Cc1ccccc1)Cc1ccccc1. The zero-order valence-corrected chi connectivity index (χ0v) is 21.4. The quantitative estimate of drug-likeness (QED) is 0.238. The average molecular weight is 496 g/mol. The summed E-state index contributed by atoms with van der Waals surface area (Å²) in [5, 5.41) is 11.7. The Balaban J connectivity index is 1.63. The number of thioether (sulfide) groups is 1. The van der Waals surface area contributed by atoms with Crippen LogP contribution >= 0.6 is 11.8 Å². The number of hydrogen-bond donors (Lipinski definition) is 1. The van der Waals surface area contributed by atoms with E-state index in [1.807, 2.05) is 91.9 Å². The second-order valence-corrected chi connectivity index (χ2v) is 10.2. The number of nitrogens with zero attached hydrogens (tertiary/aromatic N) is 1. The van der Waals surface area contributed by atoms with Crippen LogP contribution < -0.4 is 0 Å². The third kappa shape index (κ3) is 7.41. The molecule has 4 heteroatoms. The molecule has 0 fully saturated rings. The molecule has 36 heavy (non-hydrogen) atoms. The van der Waals surface area contributed by atoms with Gasteiger partial charge in [-0.2, -0.15) is 0 Å². The summed E-state index contributed by atoms with van der Waals surface area (Å²) in [5.41, 5.74) is 3.50. The van der Waals surface area contributed by atoms with Gasteiger partial charge in [-0.25, -0.2) is 0 Å². The van der Waals surface area contributed by atoms with Crippen LogP contribution in [0.25, 0.3) is 0 Å². The molecule has 4 aromatic carbocycles. The standard InChI is InChI=1S/C32H33NO2S/c1-25(32(35)36-29-20-12-5-13-21-29)31(34)30(22-26-14-6-2-7-15-26)33(23-27-16-8-3-9-17-27)24-28-18-10-4-11-19-28/h2-21,25,30-31,34H,22-24H2,1H3/t25-,30+,31-/m1/s1. The van der Waals surface area contributed by atoms with Gasteiger partial charge in [0.2, 0.25) is 0 Å². The van der Waals surface area contributed by atoms with Crippen LogP contribution in [0.1, 0.15) is 23.6 Å². The van der Waals surface area contributed by atoms with Gasteiger partial charge in [-0.15, -0.1) is 0 Å². The van der Waals surface area contributed by atoms with E-state index in [-0.39, 0.29) is 11.2 Å². The van der Waals surface area contributed by atoms with Gasteiger partial charge < -0.3 is 5.11 Å². The van der Waals surface area contributed by atoms with E-state index in [0.717, 1.165) is 10.5 Å². The van der Waals surface area contributed by atoms with Crippen molar-refractivity contribution in [2.24, 2.45) is 5.92 Å². The summed E-state index contributed by atoms with van der Waals surface area (Å²) in [6, 6.07) is 40.3. The summed E-state index contributed by atoms with van der Waals surface area (Å²) in [6.45, 7) is 3.21. The molecule has 3 atom stereocenters. The molecule has 0 amide bonds. The van der Waals surface area contributed by atoms with Crippen molar-refractivity contribution in [2.75, 3.05) is 0 Å². The maximum Gasteiger partial charge on any atom is 0.199 e. The molecule has 0 unspecified atom stereocenters. The second-order valence-electron chi connectivity index (χ2n) is 9.15. The first-order valence-electron chi connectivity index (χ1n) is 12.4. The van der Waals surface area contributed by atoms with E-state index >= 15 is 0 Å². The normalized spacial score (nSPS) is 13.8. The molecule has 0 bridgehead atoms. The lowest BCUT2D eigenvalue weighted by Crippen LogP contribution is -2.48. The summed E-state index contributed by atoms with van der Waals surface area (Å²) in [7, 11) is 0. The highest BCUT2D eigenvalue weighted by Crippen LogP contribution is 2.28. The zero-order valence-electron chi connectivity index (χ0n) is 20.6. The fourth-order valence-corrected chi connectivity index (χ4v) is 5.27. The van der Waals surface area contributed by atoms with E-state index in [4.69, 9.17) is 0 Å². The van der Waals surface area contributed by atoms with E-state index in [9.17, 15) is 9.90 Å². The molecule has 0 aromatic heterocycles. The van der Waals surface area contributed by atoms with Crippen molar-refractivity contribution in [3.05, 3.63) is 138 Å². The molecular formula is C32H33NO2S. The maximum absolute atomic E-state index is 13.2. The largest absolute Gasteiger partial charge is 0.391 e. The number of hydrogen-bond acceptors (Lipinski definition) is 4. The molecule has 0 saturated heterocycles. The van der Waals surface area contributed by atoms with Crippen LogP contribution in [0.3, 0.4) is 0 Å². The first-order valence-corrected chi connectivity index (χ1v) is 13.2. The van der Waals surface area contributed by atoms with Crippen LogP contribution in [0, 0.1) is 5.92 Å². The molecule has 184 valence electrons. The fraction of sp³-hybridized carbons (Fsp3) is 0.219. The second kappa shape index (κ2) is 13.2. The monoisotopic (exact) mass is 495 g/mol. The summed E-state index contributed by atoms with van der Waals surface area (Å²) >= 11 is 1.21. The molecule has 4 rings (SSSR count). The van der Waals surface area contributed by atoms with E-state index in [1.165, 1.54) is 22.9 Å². The van der Waals surface area contributed by atoms with Gasteiger partial charge in [0.1, 0.15) is 0 Å². The lowest BCUT2D eigenvalue weighted by molar-refractivity contribution is -0.119. The molecular weight excluding hydrogens is 462 g/mol. The Morgan fingerprint density at radius 1 is 0.694 bits per heavy atom. The van der Waals surface area contributed by atoms with Gasteiger partial charge in [0, 0.05) is 24.0 Å². The van der Waals surface area contributed by atoms with Gasteiger partial charge in [0.25, 0.3) is 0 Å². The Hall–Kier alpha value is -3.18. The molecule has 0 spiro atoms. The summed E-state index contributed by atoms with van der Waals surface area (Å²) in [5.74, 6) is -0.530. The molecule has 3 nitrogen and oxygen atoms in total. The molecule has 0 aliphatic heterocycles. The Morgan fingerprint density at radius 2 is 1.11 bits per heavy atom. The van der Waals surface area contributed by atoms with Crippen molar-refractivity contribution in [1.29, 1.82) is 0 Å². The Morgan fingerprint density at radius 3 is 1.58 bits per heavy atom. The third-order valence-corrected chi connectivity index (χ3v) is 7.53. The topological polar surface area (TPSA) is 40.5 Å². The van der Waals surface area contributed by atoms with Crippen LogP contribution in [-0.4, -0.2) is 27.3 Å². The highest BCUT2D eigenvalue weighted by molar-refractivity contribution is 8.13. The minimum Gasteiger partial charge on any atom is -0.391 e. The molecule has 0 aliphatic carbocycles. The number of carbonyl (C=O) groups is 1. The van der Waals surface area contributed by atoms with Crippen molar-refractivity contribution >= 4 is 16.9 Å². The highest BCUT2D eigenvalue weighted by atomic mass is 32.2. The predicted molar refractivity (Wildman–Crippen MR) is 149 cm³/mol. The van der Waals surface area contributed by atoms with Gasteiger partial charge in [-0.3, -0.25) is 9.69 Å². The van der Waals surface area contributed by atoms with E-state index in [2.05, 4.69) is 41.3 Å². The Bertz CT molecular complexity index is 1140. The first kappa shape index (κ1) is 25.9. The van der Waals surface area contributed by atoms with Crippen molar-refractivity contribution in [3.63, 3.8) is 0 Å². The van der Waals surface area contributed by atoms with Crippen LogP contribution in [0.15, 0.2) is 126 Å². The number of benzene rings is 4. The fourth-order valence-electron chi connectivity index (χ4n) is 4.42. The van der Waals surface area contributed by atoms with Crippen LogP contribution in [0.4, 0.5) is 0 Å². The Labute approximate surface area is 218 Å². The minimum atomic E-state index is -0.832. The van der Waals surface area contributed by atoms with E-state index < -0.39 is 12.0 Å². The molecule has 0 heterocycles. The van der Waals surface area contributed by atoms with Crippen molar-refractivity contribution in [3.8, 4) is 0 Å².